The molecule has 1 rings (SSSR count). The van der Waals surface area contributed by atoms with E-state index in [1.54, 1.807) is 0 Å². The highest BCUT2D eigenvalue weighted by Crippen LogP contribution is 2.49. The average molecular weight is 165 g/mol. The quantitative estimate of drug-likeness (QED) is 0.627. The summed E-state index contributed by atoms with van der Waals surface area (Å²) < 4.78 is 0. The van der Waals surface area contributed by atoms with Crippen molar-refractivity contribution in [2.45, 2.75) is 52.9 Å². The Kier molecular flexibility index (Phi) is 2.46. The van der Waals surface area contributed by atoms with Crippen molar-refractivity contribution in [3.63, 3.8) is 0 Å². The lowest BCUT2D eigenvalue weighted by molar-refractivity contribution is 0.120. The van der Waals surface area contributed by atoms with E-state index in [0.717, 1.165) is 19.3 Å². The van der Waals surface area contributed by atoms with Crippen LogP contribution in [0.1, 0.15) is 52.9 Å². The highest BCUT2D eigenvalue weighted by atomic mass is 14.5. The molecule has 68 valence electrons. The van der Waals surface area contributed by atoms with Gasteiger partial charge in [0.05, 0.1) is 11.5 Å². The zero-order valence-corrected chi connectivity index (χ0v) is 8.48. The molecule has 0 spiro atoms. The molecule has 1 aliphatic rings. The van der Waals surface area contributed by atoms with Crippen LogP contribution in [0.2, 0.25) is 0 Å². The van der Waals surface area contributed by atoms with E-state index in [0.29, 0.717) is 5.41 Å². The first-order valence-electron chi connectivity index (χ1n) is 4.95. The molecule has 0 aromatic heterocycles. The molecule has 0 aromatic rings. The second-order valence-electron chi connectivity index (χ2n) is 4.94. The van der Waals surface area contributed by atoms with Crippen molar-refractivity contribution in [3.05, 3.63) is 0 Å². The van der Waals surface area contributed by atoms with Crippen molar-refractivity contribution in [3.8, 4) is 6.07 Å². The molecule has 0 radical (unpaired) electrons. The maximum absolute atomic E-state index is 9.05. The van der Waals surface area contributed by atoms with Gasteiger partial charge >= 0.3 is 0 Å². The van der Waals surface area contributed by atoms with Gasteiger partial charge in [-0.15, -0.1) is 0 Å². The van der Waals surface area contributed by atoms with Gasteiger partial charge in [-0.2, -0.15) is 5.26 Å². The van der Waals surface area contributed by atoms with Crippen molar-refractivity contribution < 1.29 is 0 Å². The van der Waals surface area contributed by atoms with E-state index in [-0.39, 0.29) is 5.41 Å². The Morgan fingerprint density at radius 3 is 2.25 bits per heavy atom. The van der Waals surface area contributed by atoms with Crippen molar-refractivity contribution >= 4 is 0 Å². The Morgan fingerprint density at radius 2 is 2.00 bits per heavy atom. The normalized spacial score (nSPS) is 21.2. The summed E-state index contributed by atoms with van der Waals surface area (Å²) in [6.07, 6.45) is 5.79. The maximum atomic E-state index is 9.05. The molecule has 1 heteroatoms. The summed E-state index contributed by atoms with van der Waals surface area (Å²) in [5.74, 6) is 0. The molecule has 0 saturated heterocycles. The molecule has 0 N–H and O–H groups in total. The summed E-state index contributed by atoms with van der Waals surface area (Å²) in [5.41, 5.74) is 0.412. The van der Waals surface area contributed by atoms with Crippen molar-refractivity contribution in [2.24, 2.45) is 10.8 Å². The monoisotopic (exact) mass is 165 g/mol. The molecule has 1 fully saturated rings. The van der Waals surface area contributed by atoms with E-state index in [1.165, 1.54) is 12.8 Å². The van der Waals surface area contributed by atoms with E-state index in [1.807, 2.05) is 0 Å². The summed E-state index contributed by atoms with van der Waals surface area (Å²) in [5, 5.41) is 9.05. The molecule has 0 heterocycles. The third-order valence-electron chi connectivity index (χ3n) is 3.32. The van der Waals surface area contributed by atoms with Crippen LogP contribution in [0.25, 0.3) is 0 Å². The molecule has 0 aliphatic heterocycles. The Bertz CT molecular complexity index is 194. The molecule has 1 nitrogen and oxygen atoms in total. The summed E-state index contributed by atoms with van der Waals surface area (Å²) in [6.45, 7) is 6.75. The molecule has 1 saturated carbocycles. The first-order chi connectivity index (χ1) is 5.54. The number of hydrogen-bond donors (Lipinski definition) is 0. The highest BCUT2D eigenvalue weighted by molar-refractivity contribution is 5.06. The largest absolute Gasteiger partial charge is 0.198 e. The first kappa shape index (κ1) is 9.58. The van der Waals surface area contributed by atoms with Crippen LogP contribution in [0.4, 0.5) is 0 Å². The van der Waals surface area contributed by atoms with Gasteiger partial charge < -0.3 is 0 Å². The lowest BCUT2D eigenvalue weighted by Gasteiger charge is -2.41. The second-order valence-corrected chi connectivity index (χ2v) is 4.94. The van der Waals surface area contributed by atoms with Gasteiger partial charge in [0.15, 0.2) is 0 Å². The highest BCUT2D eigenvalue weighted by Gasteiger charge is 2.40. The summed E-state index contributed by atoms with van der Waals surface area (Å²) >= 11 is 0. The zero-order chi connectivity index (χ0) is 9.24. The Balaban J connectivity index is 2.55. The Morgan fingerprint density at radius 1 is 1.42 bits per heavy atom. The number of nitrogens with zero attached hydrogens (tertiary/aromatic N) is 1. The molecule has 0 bridgehead atoms. The van der Waals surface area contributed by atoms with Crippen molar-refractivity contribution in [1.29, 1.82) is 5.26 Å². The van der Waals surface area contributed by atoms with Crippen LogP contribution in [0, 0.1) is 22.2 Å². The van der Waals surface area contributed by atoms with Crippen molar-refractivity contribution in [1.82, 2.24) is 0 Å². The van der Waals surface area contributed by atoms with E-state index in [2.05, 4.69) is 26.8 Å². The van der Waals surface area contributed by atoms with E-state index < -0.39 is 0 Å². The minimum Gasteiger partial charge on any atom is -0.198 e. The van der Waals surface area contributed by atoms with Gasteiger partial charge in [-0.25, -0.2) is 0 Å². The molecule has 0 amide bonds. The van der Waals surface area contributed by atoms with Crippen molar-refractivity contribution in [2.75, 3.05) is 0 Å². The number of hydrogen-bond acceptors (Lipinski definition) is 1. The van der Waals surface area contributed by atoms with Gasteiger partial charge in [-0.3, -0.25) is 0 Å². The smallest absolute Gasteiger partial charge is 0.0689 e. The average Bonchev–Trinajstić information content (AvgIpc) is 1.97. The van der Waals surface area contributed by atoms with Gasteiger partial charge in [0, 0.05) is 0 Å². The van der Waals surface area contributed by atoms with Gasteiger partial charge in [0.25, 0.3) is 0 Å². The molecule has 0 atom stereocenters. The van der Waals surface area contributed by atoms with Crippen LogP contribution >= 0.6 is 0 Å². The van der Waals surface area contributed by atoms with Crippen LogP contribution in [0.5, 0.6) is 0 Å². The van der Waals surface area contributed by atoms with Gasteiger partial charge in [-0.1, -0.05) is 33.6 Å². The topological polar surface area (TPSA) is 23.8 Å². The summed E-state index contributed by atoms with van der Waals surface area (Å²) in [4.78, 5) is 0. The van der Waals surface area contributed by atoms with Gasteiger partial charge in [0.1, 0.15) is 0 Å². The van der Waals surface area contributed by atoms with Crippen LogP contribution in [-0.4, -0.2) is 0 Å². The lowest BCUT2D eigenvalue weighted by Crippen LogP contribution is -2.33. The third-order valence-corrected chi connectivity index (χ3v) is 3.32. The fraction of sp³-hybridized carbons (Fsp3) is 0.909. The summed E-state index contributed by atoms with van der Waals surface area (Å²) in [7, 11) is 0. The van der Waals surface area contributed by atoms with Crippen LogP contribution in [-0.2, 0) is 0 Å². The minimum atomic E-state index is 0.0551. The standard InChI is InChI=1S/C11H19N/c1-4-10(2,3)8-11(9-12)6-5-7-11/h4-8H2,1-3H3. The number of rotatable bonds is 3. The SMILES string of the molecule is CCC(C)(C)CC1(C#N)CCC1. The van der Waals surface area contributed by atoms with Crippen LogP contribution < -0.4 is 0 Å². The minimum absolute atomic E-state index is 0.0551. The van der Waals surface area contributed by atoms with Crippen LogP contribution in [0.15, 0.2) is 0 Å². The molecule has 1 aliphatic carbocycles. The van der Waals surface area contributed by atoms with Gasteiger partial charge in [-0.05, 0) is 24.7 Å². The molecule has 0 aromatic carbocycles. The molecular formula is C11H19N. The fourth-order valence-corrected chi connectivity index (χ4v) is 1.97. The Labute approximate surface area is 75.8 Å². The van der Waals surface area contributed by atoms with E-state index in [9.17, 15) is 0 Å². The van der Waals surface area contributed by atoms with Crippen LogP contribution in [0.3, 0.4) is 0 Å². The molecule has 0 unspecified atom stereocenters. The predicted molar refractivity (Wildman–Crippen MR) is 50.6 cm³/mol. The maximum Gasteiger partial charge on any atom is 0.0689 e. The lowest BCUT2D eigenvalue weighted by atomic mass is 9.61. The second kappa shape index (κ2) is 3.09. The molecular weight excluding hydrogens is 146 g/mol. The van der Waals surface area contributed by atoms with E-state index >= 15 is 0 Å². The summed E-state index contributed by atoms with van der Waals surface area (Å²) in [6, 6.07) is 2.51. The zero-order valence-electron chi connectivity index (χ0n) is 8.48. The van der Waals surface area contributed by atoms with Gasteiger partial charge in [0.2, 0.25) is 0 Å². The first-order valence-corrected chi connectivity index (χ1v) is 4.95. The third kappa shape index (κ3) is 1.80. The number of nitriles is 1. The fourth-order valence-electron chi connectivity index (χ4n) is 1.97. The Hall–Kier alpha value is -0.510. The molecule has 12 heavy (non-hydrogen) atoms. The predicted octanol–water partition coefficient (Wildman–Crippen LogP) is 3.51. The van der Waals surface area contributed by atoms with E-state index in [4.69, 9.17) is 5.26 Å².